The first kappa shape index (κ1) is 29.8. The number of hydrogen-bond acceptors (Lipinski definition) is 7. The second-order valence-electron chi connectivity index (χ2n) is 10.5. The number of allylic oxidation sites excluding steroid dienone is 1. The van der Waals surface area contributed by atoms with Crippen LogP contribution < -0.4 is 19.6 Å². The lowest BCUT2D eigenvalue weighted by Gasteiger charge is -2.30. The van der Waals surface area contributed by atoms with Gasteiger partial charge >= 0.3 is 5.97 Å². The molecule has 1 aliphatic rings. The number of furan rings is 1. The van der Waals surface area contributed by atoms with Gasteiger partial charge in [-0.25, -0.2) is 9.79 Å². The van der Waals surface area contributed by atoms with Gasteiger partial charge in [0.2, 0.25) is 0 Å². The summed E-state index contributed by atoms with van der Waals surface area (Å²) in [5.74, 6) is 0.366. The van der Waals surface area contributed by atoms with E-state index < -0.39 is 12.0 Å². The van der Waals surface area contributed by atoms with Gasteiger partial charge in [0.1, 0.15) is 23.3 Å². The average molecular weight is 622 g/mol. The third kappa shape index (κ3) is 5.27. The summed E-state index contributed by atoms with van der Waals surface area (Å²) < 4.78 is 13.9. The van der Waals surface area contributed by atoms with Crippen molar-refractivity contribution < 1.29 is 23.8 Å². The van der Waals surface area contributed by atoms with Crippen LogP contribution in [0.5, 0.6) is 5.75 Å². The van der Waals surface area contributed by atoms with E-state index in [0.29, 0.717) is 56.5 Å². The fourth-order valence-corrected chi connectivity index (χ4v) is 6.80. The van der Waals surface area contributed by atoms with E-state index in [1.54, 1.807) is 46.9 Å². The summed E-state index contributed by atoms with van der Waals surface area (Å²) in [5.41, 5.74) is 2.28. The molecule has 3 aromatic carbocycles. The first-order chi connectivity index (χ1) is 21.7. The molecule has 228 valence electrons. The Balaban J connectivity index is 1.54. The van der Waals surface area contributed by atoms with Gasteiger partial charge in [0, 0.05) is 30.3 Å². The first-order valence-electron chi connectivity index (χ1n) is 14.6. The normalized spacial score (nSPS) is 14.8. The SMILES string of the molecule is CCN(CC)C(=O)C1=C(C)N=c2s/c(=C/c3ccc(-c4ccc(C(=O)O)cc4)o3)c(=O)n2[C@@H]1c1c(OC)ccc2ccccc12. The van der Waals surface area contributed by atoms with Gasteiger partial charge in [-0.2, -0.15) is 0 Å². The molecule has 0 fully saturated rings. The summed E-state index contributed by atoms with van der Waals surface area (Å²) in [6.45, 7) is 6.69. The van der Waals surface area contributed by atoms with Crippen molar-refractivity contribution in [2.45, 2.75) is 26.8 Å². The lowest BCUT2D eigenvalue weighted by molar-refractivity contribution is -0.127. The molecular weight excluding hydrogens is 590 g/mol. The van der Waals surface area contributed by atoms with Crippen LogP contribution in [-0.4, -0.2) is 46.6 Å². The van der Waals surface area contributed by atoms with Crippen molar-refractivity contribution in [1.82, 2.24) is 9.47 Å². The molecule has 0 radical (unpaired) electrons. The van der Waals surface area contributed by atoms with Gasteiger partial charge in [-0.05, 0) is 61.9 Å². The Morgan fingerprint density at radius 2 is 1.78 bits per heavy atom. The molecule has 1 atom stereocenters. The fourth-order valence-electron chi connectivity index (χ4n) is 5.78. The molecule has 0 unspecified atom stereocenters. The van der Waals surface area contributed by atoms with Crippen molar-refractivity contribution in [3.8, 4) is 17.1 Å². The Morgan fingerprint density at radius 3 is 2.47 bits per heavy atom. The summed E-state index contributed by atoms with van der Waals surface area (Å²) in [4.78, 5) is 46.6. The van der Waals surface area contributed by atoms with Crippen LogP contribution in [0.25, 0.3) is 28.2 Å². The Kier molecular flexibility index (Phi) is 7.99. The van der Waals surface area contributed by atoms with Crippen molar-refractivity contribution in [1.29, 1.82) is 0 Å². The third-order valence-electron chi connectivity index (χ3n) is 8.04. The quantitative estimate of drug-likeness (QED) is 0.254. The van der Waals surface area contributed by atoms with Gasteiger partial charge in [-0.1, -0.05) is 53.8 Å². The van der Waals surface area contributed by atoms with Crippen LogP contribution in [0.15, 0.2) is 98.3 Å². The van der Waals surface area contributed by atoms with Crippen molar-refractivity contribution in [2.24, 2.45) is 4.99 Å². The molecule has 1 amide bonds. The average Bonchev–Trinajstić information content (AvgIpc) is 3.64. The number of benzene rings is 3. The smallest absolute Gasteiger partial charge is 0.335 e. The number of carboxylic acid groups (broad SMARTS) is 1. The first-order valence-corrected chi connectivity index (χ1v) is 15.4. The number of carbonyl (C=O) groups is 2. The van der Waals surface area contributed by atoms with Gasteiger partial charge in [0.25, 0.3) is 11.5 Å². The zero-order valence-corrected chi connectivity index (χ0v) is 26.1. The maximum atomic E-state index is 14.3. The number of ether oxygens (including phenoxy) is 1. The van der Waals surface area contributed by atoms with Crippen LogP contribution in [-0.2, 0) is 4.79 Å². The van der Waals surface area contributed by atoms with E-state index in [1.807, 2.05) is 57.2 Å². The number of nitrogens with zero attached hydrogens (tertiary/aromatic N) is 3. The van der Waals surface area contributed by atoms with E-state index in [4.69, 9.17) is 14.1 Å². The molecule has 10 heteroatoms. The van der Waals surface area contributed by atoms with Crippen LogP contribution >= 0.6 is 11.3 Å². The number of aromatic nitrogens is 1. The molecule has 5 aromatic rings. The number of likely N-dealkylation sites (N-methyl/N-ethyl adjacent to an activating group) is 1. The Hall–Kier alpha value is -5.22. The summed E-state index contributed by atoms with van der Waals surface area (Å²) in [6, 6.07) is 20.8. The van der Waals surface area contributed by atoms with Crippen LogP contribution in [0, 0.1) is 0 Å². The van der Waals surface area contributed by atoms with Crippen molar-refractivity contribution in [3.05, 3.63) is 121 Å². The molecule has 2 aromatic heterocycles. The molecule has 45 heavy (non-hydrogen) atoms. The fraction of sp³-hybridized carbons (Fsp3) is 0.200. The molecule has 9 nitrogen and oxygen atoms in total. The summed E-state index contributed by atoms with van der Waals surface area (Å²) in [6.07, 6.45) is 1.67. The Bertz CT molecular complexity index is 2170. The van der Waals surface area contributed by atoms with Crippen molar-refractivity contribution in [3.63, 3.8) is 0 Å². The second-order valence-corrected chi connectivity index (χ2v) is 11.6. The van der Waals surface area contributed by atoms with E-state index in [0.717, 1.165) is 16.3 Å². The van der Waals surface area contributed by atoms with E-state index in [1.165, 1.54) is 23.5 Å². The van der Waals surface area contributed by atoms with E-state index in [9.17, 15) is 19.5 Å². The largest absolute Gasteiger partial charge is 0.496 e. The standard InChI is InChI=1S/C35H31N3O6S/c1-5-37(6-2)33(40)29-20(3)36-35-38(31(29)30-25-10-8-7-9-21(25)15-17-27(30)43-4)32(39)28(45-35)19-24-16-18-26(44-24)22-11-13-23(14-12-22)34(41)42/h7-19,31H,5-6H2,1-4H3,(H,41,42)/b28-19+/t31-/m0/s1. The van der Waals surface area contributed by atoms with E-state index in [-0.39, 0.29) is 17.0 Å². The topological polar surface area (TPSA) is 114 Å². The molecule has 0 saturated carbocycles. The highest BCUT2D eigenvalue weighted by molar-refractivity contribution is 7.07. The number of fused-ring (bicyclic) bond motifs is 2. The zero-order valence-electron chi connectivity index (χ0n) is 25.2. The maximum absolute atomic E-state index is 14.3. The van der Waals surface area contributed by atoms with Gasteiger partial charge < -0.3 is 19.2 Å². The molecule has 1 N–H and O–H groups in total. The second kappa shape index (κ2) is 12.0. The number of methoxy groups -OCH3 is 1. The van der Waals surface area contributed by atoms with Crippen LogP contribution in [0.3, 0.4) is 0 Å². The zero-order chi connectivity index (χ0) is 31.8. The summed E-state index contributed by atoms with van der Waals surface area (Å²) in [5, 5.41) is 11.0. The lowest BCUT2D eigenvalue weighted by atomic mass is 9.90. The number of rotatable bonds is 8. The highest BCUT2D eigenvalue weighted by Gasteiger charge is 2.36. The highest BCUT2D eigenvalue weighted by atomic mass is 32.1. The number of carboxylic acids is 1. The molecule has 0 saturated heterocycles. The number of hydrogen-bond donors (Lipinski definition) is 1. The van der Waals surface area contributed by atoms with Crippen LogP contribution in [0.2, 0.25) is 0 Å². The third-order valence-corrected chi connectivity index (χ3v) is 9.03. The monoisotopic (exact) mass is 621 g/mol. The minimum Gasteiger partial charge on any atom is -0.496 e. The van der Waals surface area contributed by atoms with Gasteiger partial charge in [0.05, 0.1) is 28.5 Å². The Morgan fingerprint density at radius 1 is 1.04 bits per heavy atom. The van der Waals surface area contributed by atoms with Gasteiger partial charge in [0.15, 0.2) is 4.80 Å². The minimum absolute atomic E-state index is 0.179. The van der Waals surface area contributed by atoms with Gasteiger partial charge in [-0.3, -0.25) is 14.2 Å². The summed E-state index contributed by atoms with van der Waals surface area (Å²) in [7, 11) is 1.59. The number of carbonyl (C=O) groups excluding carboxylic acids is 1. The van der Waals surface area contributed by atoms with E-state index in [2.05, 4.69) is 0 Å². The van der Waals surface area contributed by atoms with Crippen LogP contribution in [0.4, 0.5) is 0 Å². The van der Waals surface area contributed by atoms with Crippen molar-refractivity contribution >= 4 is 40.1 Å². The molecule has 0 aliphatic carbocycles. The molecule has 1 aliphatic heterocycles. The van der Waals surface area contributed by atoms with Crippen molar-refractivity contribution in [2.75, 3.05) is 20.2 Å². The van der Waals surface area contributed by atoms with E-state index >= 15 is 0 Å². The predicted molar refractivity (Wildman–Crippen MR) is 173 cm³/mol. The molecule has 3 heterocycles. The number of aromatic carboxylic acids is 1. The lowest BCUT2D eigenvalue weighted by Crippen LogP contribution is -2.43. The van der Waals surface area contributed by atoms with Crippen LogP contribution in [0.1, 0.15) is 48.5 Å². The molecule has 6 rings (SSSR count). The minimum atomic E-state index is -1.01. The van der Waals surface area contributed by atoms with Gasteiger partial charge in [-0.15, -0.1) is 0 Å². The summed E-state index contributed by atoms with van der Waals surface area (Å²) >= 11 is 1.22. The number of amides is 1. The molecule has 0 bridgehead atoms. The maximum Gasteiger partial charge on any atom is 0.335 e. The predicted octanol–water partition coefficient (Wildman–Crippen LogP) is 5.22. The molecule has 0 spiro atoms. The molecular formula is C35H31N3O6S. The highest BCUT2D eigenvalue weighted by Crippen LogP contribution is 2.40. The number of thiazole rings is 1. The Labute approximate surface area is 262 Å².